The van der Waals surface area contributed by atoms with Crippen molar-refractivity contribution >= 4 is 18.3 Å². The van der Waals surface area contributed by atoms with Crippen molar-refractivity contribution in [1.29, 1.82) is 0 Å². The number of hydrogen-bond acceptors (Lipinski definition) is 2. The van der Waals surface area contributed by atoms with Gasteiger partial charge in [-0.2, -0.15) is 0 Å². The van der Waals surface area contributed by atoms with Crippen LogP contribution in [-0.2, 0) is 4.79 Å². The van der Waals surface area contributed by atoms with Gasteiger partial charge in [0.05, 0.1) is 0 Å². The monoisotopic (exact) mass is 260 g/mol. The van der Waals surface area contributed by atoms with Gasteiger partial charge in [-0.1, -0.05) is 13.8 Å². The first-order valence-corrected chi connectivity index (χ1v) is 6.60. The van der Waals surface area contributed by atoms with E-state index in [0.717, 1.165) is 32.4 Å². The van der Waals surface area contributed by atoms with Gasteiger partial charge in [-0.05, 0) is 37.5 Å². The maximum Gasteiger partial charge on any atom is 0.225 e. The van der Waals surface area contributed by atoms with Crippen LogP contribution in [0.2, 0.25) is 0 Å². The quantitative estimate of drug-likeness (QED) is 0.784. The molecule has 2 rings (SSSR count). The van der Waals surface area contributed by atoms with E-state index >= 15 is 0 Å². The van der Waals surface area contributed by atoms with E-state index in [9.17, 15) is 4.79 Å². The Labute approximate surface area is 111 Å². The summed E-state index contributed by atoms with van der Waals surface area (Å²) in [5, 5.41) is 0. The minimum Gasteiger partial charge on any atom is -0.342 e. The molecule has 2 aliphatic rings. The SMILES string of the molecule is CC1CC(C)CN(C(=O)C2CCC(N)C2)C1.Cl. The van der Waals surface area contributed by atoms with Crippen molar-refractivity contribution in [3.63, 3.8) is 0 Å². The summed E-state index contributed by atoms with van der Waals surface area (Å²) >= 11 is 0. The Hall–Kier alpha value is -0.280. The van der Waals surface area contributed by atoms with Crippen LogP contribution in [0.4, 0.5) is 0 Å². The number of piperidine rings is 1. The van der Waals surface area contributed by atoms with Crippen molar-refractivity contribution in [2.45, 2.75) is 45.6 Å². The maximum absolute atomic E-state index is 12.3. The minimum absolute atomic E-state index is 0. The molecule has 4 unspecified atom stereocenters. The van der Waals surface area contributed by atoms with Gasteiger partial charge in [0.25, 0.3) is 0 Å². The zero-order valence-corrected chi connectivity index (χ0v) is 11.7. The molecule has 1 amide bonds. The largest absolute Gasteiger partial charge is 0.342 e. The van der Waals surface area contributed by atoms with E-state index < -0.39 is 0 Å². The van der Waals surface area contributed by atoms with Gasteiger partial charge in [0, 0.05) is 25.0 Å². The summed E-state index contributed by atoms with van der Waals surface area (Å²) in [5.74, 6) is 1.89. The Morgan fingerprint density at radius 1 is 1.12 bits per heavy atom. The van der Waals surface area contributed by atoms with Gasteiger partial charge in [0.15, 0.2) is 0 Å². The Balaban J connectivity index is 0.00000144. The molecule has 17 heavy (non-hydrogen) atoms. The van der Waals surface area contributed by atoms with Crippen molar-refractivity contribution in [3.05, 3.63) is 0 Å². The highest BCUT2D eigenvalue weighted by molar-refractivity contribution is 5.85. The van der Waals surface area contributed by atoms with E-state index in [-0.39, 0.29) is 24.4 Å². The van der Waals surface area contributed by atoms with Crippen molar-refractivity contribution < 1.29 is 4.79 Å². The van der Waals surface area contributed by atoms with E-state index in [1.54, 1.807) is 0 Å². The molecule has 100 valence electrons. The second kappa shape index (κ2) is 6.05. The highest BCUT2D eigenvalue weighted by Gasteiger charge is 2.33. The van der Waals surface area contributed by atoms with Crippen molar-refractivity contribution in [1.82, 2.24) is 4.90 Å². The first kappa shape index (κ1) is 14.8. The van der Waals surface area contributed by atoms with Gasteiger partial charge in [-0.25, -0.2) is 0 Å². The van der Waals surface area contributed by atoms with Gasteiger partial charge in [-0.3, -0.25) is 4.79 Å². The van der Waals surface area contributed by atoms with E-state index in [0.29, 0.717) is 17.7 Å². The number of rotatable bonds is 1. The molecule has 2 N–H and O–H groups in total. The molecular weight excluding hydrogens is 236 g/mol. The zero-order chi connectivity index (χ0) is 11.7. The Morgan fingerprint density at radius 3 is 2.18 bits per heavy atom. The average Bonchev–Trinajstić information content (AvgIpc) is 2.62. The summed E-state index contributed by atoms with van der Waals surface area (Å²) < 4.78 is 0. The third kappa shape index (κ3) is 3.59. The molecule has 1 aliphatic heterocycles. The summed E-state index contributed by atoms with van der Waals surface area (Å²) in [6.07, 6.45) is 4.18. The molecule has 1 aliphatic carbocycles. The number of halogens is 1. The van der Waals surface area contributed by atoms with Crippen LogP contribution in [0.25, 0.3) is 0 Å². The van der Waals surface area contributed by atoms with Gasteiger partial charge in [0.1, 0.15) is 0 Å². The molecule has 2 fully saturated rings. The molecule has 0 aromatic rings. The molecule has 3 nitrogen and oxygen atoms in total. The van der Waals surface area contributed by atoms with E-state index in [2.05, 4.69) is 18.7 Å². The lowest BCUT2D eigenvalue weighted by atomic mass is 9.91. The Kier molecular flexibility index (Phi) is 5.26. The van der Waals surface area contributed by atoms with Crippen LogP contribution < -0.4 is 5.73 Å². The number of carbonyl (C=O) groups is 1. The van der Waals surface area contributed by atoms with E-state index in [1.807, 2.05) is 0 Å². The topological polar surface area (TPSA) is 46.3 Å². The van der Waals surface area contributed by atoms with Crippen LogP contribution in [-0.4, -0.2) is 29.9 Å². The number of likely N-dealkylation sites (tertiary alicyclic amines) is 1. The number of nitrogens with zero attached hydrogens (tertiary/aromatic N) is 1. The fraction of sp³-hybridized carbons (Fsp3) is 0.923. The zero-order valence-electron chi connectivity index (χ0n) is 10.9. The second-order valence-corrected chi connectivity index (χ2v) is 5.96. The number of carbonyl (C=O) groups excluding carboxylic acids is 1. The highest BCUT2D eigenvalue weighted by atomic mass is 35.5. The lowest BCUT2D eigenvalue weighted by Crippen LogP contribution is -2.45. The van der Waals surface area contributed by atoms with Gasteiger partial charge >= 0.3 is 0 Å². The fourth-order valence-corrected chi connectivity index (χ4v) is 3.34. The van der Waals surface area contributed by atoms with Gasteiger partial charge < -0.3 is 10.6 Å². The standard InChI is InChI=1S/C13H24N2O.ClH/c1-9-5-10(2)8-15(7-9)13(16)11-3-4-12(14)6-11;/h9-12H,3-8,14H2,1-2H3;1H. The van der Waals surface area contributed by atoms with Crippen molar-refractivity contribution in [2.24, 2.45) is 23.5 Å². The summed E-state index contributed by atoms with van der Waals surface area (Å²) in [7, 11) is 0. The molecule has 1 saturated heterocycles. The molecule has 0 spiro atoms. The molecule has 1 saturated carbocycles. The number of hydrogen-bond donors (Lipinski definition) is 1. The third-order valence-electron chi connectivity index (χ3n) is 4.00. The molecule has 0 aromatic carbocycles. The van der Waals surface area contributed by atoms with Crippen molar-refractivity contribution in [3.8, 4) is 0 Å². The minimum atomic E-state index is 0. The maximum atomic E-state index is 12.3. The van der Waals surface area contributed by atoms with E-state index in [4.69, 9.17) is 5.73 Å². The highest BCUT2D eigenvalue weighted by Crippen LogP contribution is 2.29. The summed E-state index contributed by atoms with van der Waals surface area (Å²) in [5.41, 5.74) is 5.88. The number of nitrogens with two attached hydrogens (primary N) is 1. The Morgan fingerprint density at radius 2 is 1.71 bits per heavy atom. The Bertz CT molecular complexity index is 262. The molecule has 4 heteroatoms. The fourth-order valence-electron chi connectivity index (χ4n) is 3.34. The van der Waals surface area contributed by atoms with Crippen LogP contribution in [0, 0.1) is 17.8 Å². The third-order valence-corrected chi connectivity index (χ3v) is 4.00. The predicted molar refractivity (Wildman–Crippen MR) is 72.1 cm³/mol. The normalized spacial score (nSPS) is 37.7. The first-order chi connectivity index (χ1) is 7.56. The van der Waals surface area contributed by atoms with E-state index in [1.165, 1.54) is 6.42 Å². The first-order valence-electron chi connectivity index (χ1n) is 6.60. The number of amides is 1. The van der Waals surface area contributed by atoms with Gasteiger partial charge in [-0.15, -0.1) is 12.4 Å². The summed E-state index contributed by atoms with van der Waals surface area (Å²) in [6, 6.07) is 0.258. The smallest absolute Gasteiger partial charge is 0.225 e. The van der Waals surface area contributed by atoms with Crippen molar-refractivity contribution in [2.75, 3.05) is 13.1 Å². The molecule has 0 bridgehead atoms. The lowest BCUT2D eigenvalue weighted by Gasteiger charge is -2.36. The summed E-state index contributed by atoms with van der Waals surface area (Å²) in [6.45, 7) is 6.40. The molecule has 0 aromatic heterocycles. The molecule has 1 heterocycles. The van der Waals surface area contributed by atoms with Crippen LogP contribution in [0.3, 0.4) is 0 Å². The second-order valence-electron chi connectivity index (χ2n) is 5.96. The van der Waals surface area contributed by atoms with Crippen LogP contribution in [0.1, 0.15) is 39.5 Å². The van der Waals surface area contributed by atoms with Crippen LogP contribution in [0.5, 0.6) is 0 Å². The summed E-state index contributed by atoms with van der Waals surface area (Å²) in [4.78, 5) is 14.4. The predicted octanol–water partition coefficient (Wildman–Crippen LogP) is 2.04. The van der Waals surface area contributed by atoms with Crippen LogP contribution >= 0.6 is 12.4 Å². The molecule has 0 radical (unpaired) electrons. The van der Waals surface area contributed by atoms with Gasteiger partial charge in [0.2, 0.25) is 5.91 Å². The molecule has 4 atom stereocenters. The average molecular weight is 261 g/mol. The molecular formula is C13H25ClN2O. The lowest BCUT2D eigenvalue weighted by molar-refractivity contribution is -0.138. The van der Waals surface area contributed by atoms with Crippen LogP contribution in [0.15, 0.2) is 0 Å².